The molecular weight excluding hydrogens is 321 g/mol. The minimum atomic E-state index is -3.54. The zero-order chi connectivity index (χ0) is 16.9. The maximum atomic E-state index is 12.8. The summed E-state index contributed by atoms with van der Waals surface area (Å²) in [4.78, 5) is 0. The minimum absolute atomic E-state index is 0.108. The van der Waals surface area contributed by atoms with E-state index in [1.54, 1.807) is 18.2 Å². The van der Waals surface area contributed by atoms with Crippen LogP contribution in [0, 0.1) is 5.82 Å². The Morgan fingerprint density at radius 2 is 1.52 bits per heavy atom. The zero-order valence-corrected chi connectivity index (χ0v) is 13.7. The van der Waals surface area contributed by atoms with Crippen LogP contribution < -0.4 is 14.2 Å². The van der Waals surface area contributed by atoms with E-state index in [1.807, 2.05) is 0 Å². The SMILES string of the molecule is COc1cc(CNS(=O)(=O)Cc2ccc(F)cc2)cc(OC)c1. The first-order valence-corrected chi connectivity index (χ1v) is 8.51. The summed E-state index contributed by atoms with van der Waals surface area (Å²) in [6.45, 7) is 0.108. The van der Waals surface area contributed by atoms with Gasteiger partial charge in [0.05, 0.1) is 20.0 Å². The van der Waals surface area contributed by atoms with Gasteiger partial charge in [0.25, 0.3) is 0 Å². The van der Waals surface area contributed by atoms with Crippen molar-refractivity contribution in [2.45, 2.75) is 12.3 Å². The van der Waals surface area contributed by atoms with Crippen LogP contribution >= 0.6 is 0 Å². The molecule has 0 unspecified atom stereocenters. The van der Waals surface area contributed by atoms with Crippen LogP contribution in [0.2, 0.25) is 0 Å². The van der Waals surface area contributed by atoms with Crippen LogP contribution in [0.25, 0.3) is 0 Å². The van der Waals surface area contributed by atoms with Crippen LogP contribution in [-0.2, 0) is 22.3 Å². The minimum Gasteiger partial charge on any atom is -0.497 e. The van der Waals surface area contributed by atoms with Crippen LogP contribution in [0.1, 0.15) is 11.1 Å². The molecule has 2 aromatic rings. The average molecular weight is 339 g/mol. The fourth-order valence-electron chi connectivity index (χ4n) is 2.01. The topological polar surface area (TPSA) is 64.6 Å². The normalized spacial score (nSPS) is 11.3. The van der Waals surface area contributed by atoms with E-state index in [9.17, 15) is 12.8 Å². The first kappa shape index (κ1) is 17.2. The van der Waals surface area contributed by atoms with Gasteiger partial charge in [0.1, 0.15) is 17.3 Å². The summed E-state index contributed by atoms with van der Waals surface area (Å²) >= 11 is 0. The molecule has 0 aliphatic carbocycles. The van der Waals surface area contributed by atoms with Crippen molar-refractivity contribution in [3.63, 3.8) is 0 Å². The molecule has 0 aliphatic heterocycles. The van der Waals surface area contributed by atoms with E-state index in [-0.39, 0.29) is 12.3 Å². The quantitative estimate of drug-likeness (QED) is 0.842. The first-order chi connectivity index (χ1) is 10.9. The van der Waals surface area contributed by atoms with Crippen LogP contribution in [0.3, 0.4) is 0 Å². The van der Waals surface area contributed by atoms with Gasteiger partial charge in [0, 0.05) is 12.6 Å². The third-order valence-electron chi connectivity index (χ3n) is 3.18. The molecule has 0 bridgehead atoms. The number of methoxy groups -OCH3 is 2. The molecule has 5 nitrogen and oxygen atoms in total. The van der Waals surface area contributed by atoms with Crippen LogP contribution in [-0.4, -0.2) is 22.6 Å². The lowest BCUT2D eigenvalue weighted by molar-refractivity contribution is 0.393. The molecule has 0 aromatic heterocycles. The lowest BCUT2D eigenvalue weighted by Gasteiger charge is -2.10. The molecule has 2 aromatic carbocycles. The van der Waals surface area contributed by atoms with Gasteiger partial charge in [-0.1, -0.05) is 12.1 Å². The Bertz CT molecular complexity index is 738. The number of hydrogen-bond donors (Lipinski definition) is 1. The maximum Gasteiger partial charge on any atom is 0.216 e. The van der Waals surface area contributed by atoms with Crippen LogP contribution in [0.5, 0.6) is 11.5 Å². The highest BCUT2D eigenvalue weighted by molar-refractivity contribution is 7.88. The molecule has 0 spiro atoms. The van der Waals surface area contributed by atoms with E-state index >= 15 is 0 Å². The average Bonchev–Trinajstić information content (AvgIpc) is 2.54. The number of rotatable bonds is 7. The fraction of sp³-hybridized carbons (Fsp3) is 0.250. The Hall–Kier alpha value is -2.12. The summed E-state index contributed by atoms with van der Waals surface area (Å²) in [5.74, 6) is 0.547. The Kier molecular flexibility index (Phi) is 5.57. The van der Waals surface area contributed by atoms with Gasteiger partial charge in [-0.3, -0.25) is 0 Å². The van der Waals surface area contributed by atoms with E-state index in [1.165, 1.54) is 38.5 Å². The van der Waals surface area contributed by atoms with Gasteiger partial charge in [-0.05, 0) is 35.4 Å². The lowest BCUT2D eigenvalue weighted by Crippen LogP contribution is -2.24. The van der Waals surface area contributed by atoms with Gasteiger partial charge < -0.3 is 9.47 Å². The number of nitrogens with one attached hydrogen (secondary N) is 1. The maximum absolute atomic E-state index is 12.8. The number of benzene rings is 2. The fourth-order valence-corrected chi connectivity index (χ4v) is 3.13. The predicted molar refractivity (Wildman–Crippen MR) is 85.4 cm³/mol. The van der Waals surface area contributed by atoms with E-state index in [2.05, 4.69) is 4.72 Å². The van der Waals surface area contributed by atoms with Crippen LogP contribution in [0.15, 0.2) is 42.5 Å². The molecule has 2 rings (SSSR count). The zero-order valence-electron chi connectivity index (χ0n) is 12.9. The van der Waals surface area contributed by atoms with Crippen molar-refractivity contribution in [3.05, 3.63) is 59.4 Å². The molecule has 0 radical (unpaired) electrons. The van der Waals surface area contributed by atoms with E-state index in [4.69, 9.17) is 9.47 Å². The monoisotopic (exact) mass is 339 g/mol. The van der Waals surface area contributed by atoms with E-state index in [0.717, 1.165) is 0 Å². The molecule has 0 saturated carbocycles. The second-order valence-electron chi connectivity index (χ2n) is 4.93. The highest BCUT2D eigenvalue weighted by Crippen LogP contribution is 2.22. The Morgan fingerprint density at radius 1 is 0.957 bits per heavy atom. The van der Waals surface area contributed by atoms with E-state index in [0.29, 0.717) is 22.6 Å². The lowest BCUT2D eigenvalue weighted by atomic mass is 10.2. The Labute approximate surface area is 135 Å². The van der Waals surface area contributed by atoms with Gasteiger partial charge in [-0.25, -0.2) is 17.5 Å². The van der Waals surface area contributed by atoms with E-state index < -0.39 is 15.8 Å². The van der Waals surface area contributed by atoms with Crippen molar-refractivity contribution in [2.75, 3.05) is 14.2 Å². The summed E-state index contributed by atoms with van der Waals surface area (Å²) in [6, 6.07) is 10.5. The molecule has 0 atom stereocenters. The molecule has 0 aliphatic rings. The summed E-state index contributed by atoms with van der Waals surface area (Å²) in [6.07, 6.45) is 0. The summed E-state index contributed by atoms with van der Waals surface area (Å²) in [5.41, 5.74) is 1.23. The molecular formula is C16H18FNO4S. The van der Waals surface area contributed by atoms with Gasteiger partial charge in [0.2, 0.25) is 10.0 Å². The van der Waals surface area contributed by atoms with Gasteiger partial charge in [-0.2, -0.15) is 0 Å². The van der Waals surface area contributed by atoms with Crippen LogP contribution in [0.4, 0.5) is 4.39 Å². The molecule has 0 heterocycles. The predicted octanol–water partition coefficient (Wildman–Crippen LogP) is 2.46. The molecule has 23 heavy (non-hydrogen) atoms. The molecule has 124 valence electrons. The van der Waals surface area contributed by atoms with Crippen molar-refractivity contribution in [1.82, 2.24) is 4.72 Å². The van der Waals surface area contributed by atoms with Gasteiger partial charge in [0.15, 0.2) is 0 Å². The second-order valence-corrected chi connectivity index (χ2v) is 6.73. The highest BCUT2D eigenvalue weighted by Gasteiger charge is 2.12. The van der Waals surface area contributed by atoms with Gasteiger partial charge >= 0.3 is 0 Å². The summed E-state index contributed by atoms with van der Waals surface area (Å²) < 4.78 is 49.8. The standard InChI is InChI=1S/C16H18FNO4S/c1-21-15-7-13(8-16(9-15)22-2)10-18-23(19,20)11-12-3-5-14(17)6-4-12/h3-9,18H,10-11H2,1-2H3. The summed E-state index contributed by atoms with van der Waals surface area (Å²) in [7, 11) is -0.489. The first-order valence-electron chi connectivity index (χ1n) is 6.85. The van der Waals surface area contributed by atoms with Crippen molar-refractivity contribution >= 4 is 10.0 Å². The van der Waals surface area contributed by atoms with Crippen molar-refractivity contribution in [1.29, 1.82) is 0 Å². The van der Waals surface area contributed by atoms with Crippen molar-refractivity contribution in [3.8, 4) is 11.5 Å². The molecule has 0 amide bonds. The number of halogens is 1. The highest BCUT2D eigenvalue weighted by atomic mass is 32.2. The second kappa shape index (κ2) is 7.43. The Morgan fingerprint density at radius 3 is 2.04 bits per heavy atom. The number of sulfonamides is 1. The Balaban J connectivity index is 2.05. The third kappa shape index (κ3) is 5.22. The molecule has 7 heteroatoms. The number of hydrogen-bond acceptors (Lipinski definition) is 4. The number of ether oxygens (including phenoxy) is 2. The van der Waals surface area contributed by atoms with Crippen molar-refractivity contribution < 1.29 is 22.3 Å². The molecule has 1 N–H and O–H groups in total. The third-order valence-corrected chi connectivity index (χ3v) is 4.47. The summed E-state index contributed by atoms with van der Waals surface area (Å²) in [5, 5.41) is 0. The molecule has 0 fully saturated rings. The van der Waals surface area contributed by atoms with Crippen molar-refractivity contribution in [2.24, 2.45) is 0 Å². The van der Waals surface area contributed by atoms with Gasteiger partial charge in [-0.15, -0.1) is 0 Å². The smallest absolute Gasteiger partial charge is 0.216 e. The largest absolute Gasteiger partial charge is 0.497 e. The molecule has 0 saturated heterocycles.